The zero-order chi connectivity index (χ0) is 21.9. The molecule has 156 valence electrons. The SMILES string of the molecule is CC(C)(C)C(CCc1ccccc1)(NS(=O)(=O)c1ccccc1[N+](=O)[O-])C(N)=O. The monoisotopic (exact) mass is 419 g/mol. The lowest BCUT2D eigenvalue weighted by Crippen LogP contribution is -2.64. The van der Waals surface area contributed by atoms with Crippen molar-refractivity contribution >= 4 is 21.6 Å². The second-order valence-electron chi connectivity index (χ2n) is 7.84. The molecule has 9 heteroatoms. The van der Waals surface area contributed by atoms with Crippen molar-refractivity contribution in [3.05, 3.63) is 70.3 Å². The van der Waals surface area contributed by atoms with E-state index in [1.54, 1.807) is 20.8 Å². The lowest BCUT2D eigenvalue weighted by molar-refractivity contribution is -0.387. The van der Waals surface area contributed by atoms with Crippen molar-refractivity contribution in [2.45, 2.75) is 44.0 Å². The lowest BCUT2D eigenvalue weighted by atomic mass is 9.70. The quantitative estimate of drug-likeness (QED) is 0.501. The molecule has 0 saturated carbocycles. The minimum atomic E-state index is -4.42. The molecule has 0 spiro atoms. The maximum Gasteiger partial charge on any atom is 0.289 e. The van der Waals surface area contributed by atoms with Crippen molar-refractivity contribution in [1.82, 2.24) is 4.72 Å². The maximum absolute atomic E-state index is 13.1. The Labute approximate surface area is 170 Å². The van der Waals surface area contributed by atoms with Gasteiger partial charge in [-0.2, -0.15) is 4.72 Å². The van der Waals surface area contributed by atoms with Crippen molar-refractivity contribution in [3.8, 4) is 0 Å². The summed E-state index contributed by atoms with van der Waals surface area (Å²) in [6.07, 6.45) is 0.482. The molecule has 0 aliphatic heterocycles. The van der Waals surface area contributed by atoms with Gasteiger partial charge in [0.05, 0.1) is 4.92 Å². The third-order valence-electron chi connectivity index (χ3n) is 4.99. The van der Waals surface area contributed by atoms with Gasteiger partial charge in [0.25, 0.3) is 5.69 Å². The highest BCUT2D eigenvalue weighted by Crippen LogP contribution is 2.37. The fourth-order valence-corrected chi connectivity index (χ4v) is 4.97. The van der Waals surface area contributed by atoms with Gasteiger partial charge in [0.15, 0.2) is 4.90 Å². The topological polar surface area (TPSA) is 132 Å². The molecule has 0 aliphatic carbocycles. The van der Waals surface area contributed by atoms with Crippen LogP contribution in [0.1, 0.15) is 32.8 Å². The van der Waals surface area contributed by atoms with Crippen molar-refractivity contribution < 1.29 is 18.1 Å². The van der Waals surface area contributed by atoms with Crippen LogP contribution in [0.15, 0.2) is 59.5 Å². The van der Waals surface area contributed by atoms with Gasteiger partial charge in [-0.25, -0.2) is 8.42 Å². The standard InChI is InChI=1S/C20H25N3O5S/c1-19(2,3)20(18(21)24,14-13-15-9-5-4-6-10-15)22-29(27,28)17-12-8-7-11-16(17)23(25)26/h4-12,22H,13-14H2,1-3H3,(H2,21,24). The Morgan fingerprint density at radius 3 is 2.14 bits per heavy atom. The summed E-state index contributed by atoms with van der Waals surface area (Å²) in [7, 11) is -4.42. The van der Waals surface area contributed by atoms with E-state index in [1.165, 1.54) is 12.1 Å². The summed E-state index contributed by atoms with van der Waals surface area (Å²) in [5, 5.41) is 11.3. The normalized spacial score (nSPS) is 14.2. The highest BCUT2D eigenvalue weighted by molar-refractivity contribution is 7.89. The summed E-state index contributed by atoms with van der Waals surface area (Å²) in [6, 6.07) is 14.3. The fraction of sp³-hybridized carbons (Fsp3) is 0.350. The molecule has 0 radical (unpaired) electrons. The molecular formula is C20H25N3O5S. The number of carbonyl (C=O) groups excluding carboxylic acids is 1. The number of carbonyl (C=O) groups is 1. The molecule has 0 aromatic heterocycles. The van der Waals surface area contributed by atoms with Gasteiger partial charge < -0.3 is 5.73 Å². The van der Waals surface area contributed by atoms with E-state index >= 15 is 0 Å². The lowest BCUT2D eigenvalue weighted by Gasteiger charge is -2.42. The van der Waals surface area contributed by atoms with Gasteiger partial charge in [-0.15, -0.1) is 0 Å². The summed E-state index contributed by atoms with van der Waals surface area (Å²) >= 11 is 0. The van der Waals surface area contributed by atoms with Crippen LogP contribution in [-0.2, 0) is 21.2 Å². The minimum Gasteiger partial charge on any atom is -0.368 e. The van der Waals surface area contributed by atoms with Crippen molar-refractivity contribution in [2.75, 3.05) is 0 Å². The molecular weight excluding hydrogens is 394 g/mol. The Kier molecular flexibility index (Phi) is 6.44. The van der Waals surface area contributed by atoms with E-state index in [0.717, 1.165) is 17.7 Å². The zero-order valence-electron chi connectivity index (χ0n) is 16.6. The third kappa shape index (κ3) is 4.80. The van der Waals surface area contributed by atoms with Gasteiger partial charge in [-0.3, -0.25) is 14.9 Å². The number of primary amides is 1. The number of hydrogen-bond donors (Lipinski definition) is 2. The number of hydrogen-bond acceptors (Lipinski definition) is 5. The summed E-state index contributed by atoms with van der Waals surface area (Å²) in [4.78, 5) is 22.6. The Morgan fingerprint density at radius 2 is 1.62 bits per heavy atom. The Morgan fingerprint density at radius 1 is 1.07 bits per heavy atom. The number of benzene rings is 2. The smallest absolute Gasteiger partial charge is 0.289 e. The summed E-state index contributed by atoms with van der Waals surface area (Å²) in [6.45, 7) is 5.10. The molecule has 1 unspecified atom stereocenters. The van der Waals surface area contributed by atoms with Crippen LogP contribution in [0.25, 0.3) is 0 Å². The van der Waals surface area contributed by atoms with Crippen molar-refractivity contribution in [3.63, 3.8) is 0 Å². The van der Waals surface area contributed by atoms with E-state index in [2.05, 4.69) is 4.72 Å². The second kappa shape index (κ2) is 8.30. The van der Waals surface area contributed by atoms with Crippen LogP contribution in [-0.4, -0.2) is 24.8 Å². The molecule has 0 saturated heterocycles. The molecule has 0 fully saturated rings. The first-order valence-electron chi connectivity index (χ1n) is 9.02. The van der Waals surface area contributed by atoms with Crippen molar-refractivity contribution in [1.29, 1.82) is 0 Å². The number of nitrogens with zero attached hydrogens (tertiary/aromatic N) is 1. The van der Waals surface area contributed by atoms with Gasteiger partial charge in [-0.05, 0) is 29.9 Å². The molecule has 8 nitrogen and oxygen atoms in total. The van der Waals surface area contributed by atoms with E-state index in [9.17, 15) is 23.3 Å². The number of nitro benzene ring substituents is 1. The number of nitrogens with one attached hydrogen (secondary N) is 1. The van der Waals surface area contributed by atoms with E-state index in [0.29, 0.717) is 6.42 Å². The molecule has 3 N–H and O–H groups in total. The Bertz CT molecular complexity index is 1000. The number of sulfonamides is 1. The third-order valence-corrected chi connectivity index (χ3v) is 6.53. The van der Waals surface area contributed by atoms with Crippen LogP contribution in [0.4, 0.5) is 5.69 Å². The maximum atomic E-state index is 13.1. The number of aryl methyl sites for hydroxylation is 1. The van der Waals surface area contributed by atoms with Crippen LogP contribution in [0.3, 0.4) is 0 Å². The highest BCUT2D eigenvalue weighted by Gasteiger charge is 2.50. The summed E-state index contributed by atoms with van der Waals surface area (Å²) < 4.78 is 28.6. The Balaban J connectivity index is 2.52. The van der Waals surface area contributed by atoms with Crippen LogP contribution < -0.4 is 10.5 Å². The van der Waals surface area contributed by atoms with Gasteiger partial charge in [0.1, 0.15) is 5.54 Å². The van der Waals surface area contributed by atoms with Crippen LogP contribution in [0.5, 0.6) is 0 Å². The van der Waals surface area contributed by atoms with Crippen LogP contribution >= 0.6 is 0 Å². The largest absolute Gasteiger partial charge is 0.368 e. The predicted molar refractivity (Wildman–Crippen MR) is 110 cm³/mol. The van der Waals surface area contributed by atoms with Gasteiger partial charge in [0.2, 0.25) is 15.9 Å². The molecule has 0 bridgehead atoms. The molecule has 2 aromatic carbocycles. The fourth-order valence-electron chi connectivity index (χ4n) is 3.22. The van der Waals surface area contributed by atoms with Crippen LogP contribution in [0, 0.1) is 15.5 Å². The van der Waals surface area contributed by atoms with Gasteiger partial charge >= 0.3 is 0 Å². The highest BCUT2D eigenvalue weighted by atomic mass is 32.2. The van der Waals surface area contributed by atoms with Crippen molar-refractivity contribution in [2.24, 2.45) is 11.1 Å². The molecule has 1 atom stereocenters. The second-order valence-corrected chi connectivity index (χ2v) is 9.49. The first-order chi connectivity index (χ1) is 13.4. The number of nitrogens with two attached hydrogens (primary N) is 1. The molecule has 1 amide bonds. The average molecular weight is 420 g/mol. The predicted octanol–water partition coefficient (Wildman–Crippen LogP) is 2.78. The number of para-hydroxylation sites is 1. The average Bonchev–Trinajstić information content (AvgIpc) is 2.64. The molecule has 2 aromatic rings. The van der Waals surface area contributed by atoms with E-state index in [4.69, 9.17) is 5.73 Å². The molecule has 29 heavy (non-hydrogen) atoms. The van der Waals surface area contributed by atoms with Gasteiger partial charge in [0, 0.05) is 6.07 Å². The zero-order valence-corrected chi connectivity index (χ0v) is 17.4. The number of rotatable bonds is 8. The first kappa shape index (κ1) is 22.5. The molecule has 0 heterocycles. The van der Waals surface area contributed by atoms with E-state index in [1.807, 2.05) is 30.3 Å². The minimum absolute atomic E-state index is 0.0930. The van der Waals surface area contributed by atoms with E-state index in [-0.39, 0.29) is 6.42 Å². The number of amides is 1. The Hall–Kier alpha value is -2.78. The molecule has 0 aliphatic rings. The summed E-state index contributed by atoms with van der Waals surface area (Å²) in [5.41, 5.74) is 3.48. The molecule has 2 rings (SSSR count). The van der Waals surface area contributed by atoms with Crippen LogP contribution in [0.2, 0.25) is 0 Å². The summed E-state index contributed by atoms with van der Waals surface area (Å²) in [5.74, 6) is -0.844. The van der Waals surface area contributed by atoms with E-state index < -0.39 is 42.4 Å². The first-order valence-corrected chi connectivity index (χ1v) is 10.5. The number of nitro groups is 1. The van der Waals surface area contributed by atoms with Gasteiger partial charge in [-0.1, -0.05) is 63.2 Å².